The van der Waals surface area contributed by atoms with Crippen molar-refractivity contribution in [3.05, 3.63) is 27.7 Å². The molecule has 0 aromatic carbocycles. The first-order chi connectivity index (χ1) is 6.93. The standard InChI is InChI=1S/C9H14N4O2/c1-7-9(13(14)15)8(10-12(7)4)5-6-11(2)3/h5-6H,1-4H3/b6-5+. The summed E-state index contributed by atoms with van der Waals surface area (Å²) in [5, 5.41) is 14.9. The molecule has 0 spiro atoms. The van der Waals surface area contributed by atoms with Crippen molar-refractivity contribution in [3.63, 3.8) is 0 Å². The van der Waals surface area contributed by atoms with Crippen LogP contribution < -0.4 is 0 Å². The van der Waals surface area contributed by atoms with Gasteiger partial charge in [0.2, 0.25) is 0 Å². The first-order valence-corrected chi connectivity index (χ1v) is 4.46. The van der Waals surface area contributed by atoms with Gasteiger partial charge in [-0.15, -0.1) is 0 Å². The van der Waals surface area contributed by atoms with E-state index in [1.54, 1.807) is 31.1 Å². The van der Waals surface area contributed by atoms with Crippen molar-refractivity contribution in [3.8, 4) is 0 Å². The molecule has 0 amide bonds. The molecule has 0 saturated carbocycles. The largest absolute Gasteiger partial charge is 0.383 e. The Morgan fingerprint density at radius 1 is 1.53 bits per heavy atom. The van der Waals surface area contributed by atoms with Gasteiger partial charge in [0.05, 0.1) is 4.92 Å². The van der Waals surface area contributed by atoms with Crippen LogP contribution in [0.3, 0.4) is 0 Å². The molecule has 0 fully saturated rings. The Morgan fingerprint density at radius 2 is 2.13 bits per heavy atom. The summed E-state index contributed by atoms with van der Waals surface area (Å²) in [6.45, 7) is 1.68. The van der Waals surface area contributed by atoms with Crippen LogP contribution in [0.25, 0.3) is 6.08 Å². The fraction of sp³-hybridized carbons (Fsp3) is 0.444. The van der Waals surface area contributed by atoms with Gasteiger partial charge in [-0.3, -0.25) is 14.8 Å². The molecule has 0 aliphatic heterocycles. The number of hydrogen-bond acceptors (Lipinski definition) is 4. The third kappa shape index (κ3) is 2.34. The van der Waals surface area contributed by atoms with Crippen LogP contribution in [0, 0.1) is 17.0 Å². The third-order valence-electron chi connectivity index (χ3n) is 2.04. The van der Waals surface area contributed by atoms with Crippen LogP contribution in [0.2, 0.25) is 0 Å². The SMILES string of the molecule is Cc1c([N+](=O)[O-])c(/C=C/N(C)C)nn1C. The Kier molecular flexibility index (Phi) is 3.08. The lowest BCUT2D eigenvalue weighted by Gasteiger charge is -2.01. The molecule has 1 rings (SSSR count). The fourth-order valence-corrected chi connectivity index (χ4v) is 1.18. The maximum absolute atomic E-state index is 10.8. The molecule has 0 unspecified atom stereocenters. The quantitative estimate of drug-likeness (QED) is 0.555. The van der Waals surface area contributed by atoms with Gasteiger partial charge < -0.3 is 4.90 Å². The molecular formula is C9H14N4O2. The summed E-state index contributed by atoms with van der Waals surface area (Å²) in [5.41, 5.74) is 1.00. The van der Waals surface area contributed by atoms with Gasteiger partial charge in [-0.05, 0) is 13.0 Å². The number of rotatable bonds is 3. The first kappa shape index (κ1) is 11.2. The maximum Gasteiger partial charge on any atom is 0.317 e. The van der Waals surface area contributed by atoms with E-state index >= 15 is 0 Å². The van der Waals surface area contributed by atoms with E-state index in [0.717, 1.165) is 0 Å². The number of aromatic nitrogens is 2. The van der Waals surface area contributed by atoms with Gasteiger partial charge in [-0.25, -0.2) is 0 Å². The molecule has 0 radical (unpaired) electrons. The van der Waals surface area contributed by atoms with Gasteiger partial charge in [-0.1, -0.05) is 0 Å². The van der Waals surface area contributed by atoms with Crippen LogP contribution in [0.15, 0.2) is 6.20 Å². The highest BCUT2D eigenvalue weighted by molar-refractivity contribution is 5.58. The highest BCUT2D eigenvalue weighted by atomic mass is 16.6. The number of aryl methyl sites for hydroxylation is 1. The Labute approximate surface area is 88.0 Å². The smallest absolute Gasteiger partial charge is 0.317 e. The van der Waals surface area contributed by atoms with Crippen LogP contribution >= 0.6 is 0 Å². The van der Waals surface area contributed by atoms with Crippen molar-refractivity contribution in [1.29, 1.82) is 0 Å². The Balaban J connectivity index is 3.18. The van der Waals surface area contributed by atoms with Crippen LogP contribution in [-0.2, 0) is 7.05 Å². The lowest BCUT2D eigenvalue weighted by Crippen LogP contribution is -2.00. The van der Waals surface area contributed by atoms with Crippen LogP contribution in [0.1, 0.15) is 11.4 Å². The maximum atomic E-state index is 10.8. The van der Waals surface area contributed by atoms with Gasteiger partial charge in [0.1, 0.15) is 5.69 Å². The molecule has 1 heterocycles. The van der Waals surface area contributed by atoms with Crippen molar-refractivity contribution < 1.29 is 4.92 Å². The predicted octanol–water partition coefficient (Wildman–Crippen LogP) is 1.17. The molecule has 0 bridgehead atoms. The third-order valence-corrected chi connectivity index (χ3v) is 2.04. The van der Waals surface area contributed by atoms with E-state index < -0.39 is 4.92 Å². The fourth-order valence-electron chi connectivity index (χ4n) is 1.18. The minimum absolute atomic E-state index is 0.0654. The molecule has 0 aliphatic carbocycles. The van der Waals surface area contributed by atoms with Gasteiger partial charge in [-0.2, -0.15) is 5.10 Å². The van der Waals surface area contributed by atoms with Gasteiger partial charge in [0.25, 0.3) is 0 Å². The second kappa shape index (κ2) is 4.12. The molecule has 15 heavy (non-hydrogen) atoms. The van der Waals surface area contributed by atoms with E-state index in [1.807, 2.05) is 14.1 Å². The summed E-state index contributed by atoms with van der Waals surface area (Å²) >= 11 is 0. The number of hydrogen-bond donors (Lipinski definition) is 0. The van der Waals surface area contributed by atoms with E-state index in [0.29, 0.717) is 11.4 Å². The van der Waals surface area contributed by atoms with Gasteiger partial charge in [0.15, 0.2) is 5.69 Å². The highest BCUT2D eigenvalue weighted by Crippen LogP contribution is 2.22. The monoisotopic (exact) mass is 210 g/mol. The second-order valence-corrected chi connectivity index (χ2v) is 3.48. The molecule has 6 heteroatoms. The average molecular weight is 210 g/mol. The number of nitrogens with zero attached hydrogens (tertiary/aromatic N) is 4. The molecule has 0 aliphatic rings. The van der Waals surface area contributed by atoms with E-state index in [9.17, 15) is 10.1 Å². The van der Waals surface area contributed by atoms with Crippen molar-refractivity contribution in [1.82, 2.24) is 14.7 Å². The molecule has 6 nitrogen and oxygen atoms in total. The van der Waals surface area contributed by atoms with Crippen molar-refractivity contribution >= 4 is 11.8 Å². The molecule has 0 saturated heterocycles. The normalized spacial score (nSPS) is 10.9. The molecule has 82 valence electrons. The Bertz CT molecular complexity index is 406. The molecular weight excluding hydrogens is 196 g/mol. The van der Waals surface area contributed by atoms with E-state index in [-0.39, 0.29) is 5.69 Å². The Morgan fingerprint density at radius 3 is 2.60 bits per heavy atom. The van der Waals surface area contributed by atoms with E-state index in [2.05, 4.69) is 5.10 Å². The van der Waals surface area contributed by atoms with Crippen LogP contribution in [0.5, 0.6) is 0 Å². The van der Waals surface area contributed by atoms with E-state index in [1.165, 1.54) is 4.68 Å². The van der Waals surface area contributed by atoms with Crippen molar-refractivity contribution in [2.24, 2.45) is 7.05 Å². The Hall–Kier alpha value is -1.85. The average Bonchev–Trinajstić information content (AvgIpc) is 2.39. The van der Waals surface area contributed by atoms with Crippen molar-refractivity contribution in [2.45, 2.75) is 6.92 Å². The topological polar surface area (TPSA) is 64.2 Å². The number of nitro groups is 1. The zero-order valence-electron chi connectivity index (χ0n) is 9.26. The summed E-state index contributed by atoms with van der Waals surface area (Å²) in [5.74, 6) is 0. The minimum atomic E-state index is -0.405. The summed E-state index contributed by atoms with van der Waals surface area (Å²) in [6.07, 6.45) is 3.36. The summed E-state index contributed by atoms with van der Waals surface area (Å²) in [6, 6.07) is 0. The van der Waals surface area contributed by atoms with Gasteiger partial charge in [0, 0.05) is 27.3 Å². The lowest BCUT2D eigenvalue weighted by atomic mass is 10.3. The van der Waals surface area contributed by atoms with E-state index in [4.69, 9.17) is 0 Å². The minimum Gasteiger partial charge on any atom is -0.383 e. The lowest BCUT2D eigenvalue weighted by molar-refractivity contribution is -0.385. The van der Waals surface area contributed by atoms with Crippen molar-refractivity contribution in [2.75, 3.05) is 14.1 Å². The zero-order chi connectivity index (χ0) is 11.6. The summed E-state index contributed by atoms with van der Waals surface area (Å²) < 4.78 is 1.51. The van der Waals surface area contributed by atoms with Crippen LogP contribution in [-0.4, -0.2) is 33.7 Å². The molecule has 1 aromatic rings. The molecule has 0 N–H and O–H groups in total. The zero-order valence-corrected chi connectivity index (χ0v) is 9.26. The highest BCUT2D eigenvalue weighted by Gasteiger charge is 2.21. The van der Waals surface area contributed by atoms with Gasteiger partial charge >= 0.3 is 5.69 Å². The summed E-state index contributed by atoms with van der Waals surface area (Å²) in [4.78, 5) is 12.2. The first-order valence-electron chi connectivity index (χ1n) is 4.46. The summed E-state index contributed by atoms with van der Waals surface area (Å²) in [7, 11) is 5.38. The predicted molar refractivity (Wildman–Crippen MR) is 57.3 cm³/mol. The molecule has 1 aromatic heterocycles. The molecule has 0 atom stereocenters. The second-order valence-electron chi connectivity index (χ2n) is 3.48. The van der Waals surface area contributed by atoms with Crippen LogP contribution in [0.4, 0.5) is 5.69 Å².